The molecule has 1 aliphatic rings. The molecule has 0 amide bonds. The van der Waals surface area contributed by atoms with Crippen LogP contribution in [0.2, 0.25) is 0 Å². The Kier molecular flexibility index (Phi) is 2.89. The predicted octanol–water partition coefficient (Wildman–Crippen LogP) is 1.15. The monoisotopic (exact) mass is 206 g/mol. The zero-order valence-electron chi connectivity index (χ0n) is 8.40. The Morgan fingerprint density at radius 2 is 2.07 bits per heavy atom. The lowest BCUT2D eigenvalue weighted by Crippen LogP contribution is -2.26. The lowest BCUT2D eigenvalue weighted by Gasteiger charge is -2.20. The molecule has 0 spiro atoms. The van der Waals surface area contributed by atoms with Crippen molar-refractivity contribution in [3.8, 4) is 11.5 Å². The van der Waals surface area contributed by atoms with E-state index < -0.39 is 0 Å². The molecule has 2 rings (SSSR count). The Morgan fingerprint density at radius 3 is 2.73 bits per heavy atom. The molecular weight excluding hydrogens is 192 g/mol. The van der Waals surface area contributed by atoms with Gasteiger partial charge in [-0.2, -0.15) is 0 Å². The number of ether oxygens (including phenoxy) is 2. The van der Waals surface area contributed by atoms with Crippen LogP contribution < -0.4 is 20.7 Å². The van der Waals surface area contributed by atoms with Crippen LogP contribution in [0.3, 0.4) is 0 Å². The van der Waals surface area contributed by atoms with Crippen molar-refractivity contribution < 1.29 is 9.47 Å². The summed E-state index contributed by atoms with van der Waals surface area (Å²) in [7, 11) is 0. The molecule has 0 aliphatic carbocycles. The zero-order valence-corrected chi connectivity index (χ0v) is 8.40. The third-order valence-corrected chi connectivity index (χ3v) is 2.34. The average Bonchev–Trinajstić information content (AvgIpc) is 2.30. The fourth-order valence-corrected chi connectivity index (χ4v) is 1.55. The van der Waals surface area contributed by atoms with Crippen LogP contribution in [0, 0.1) is 0 Å². The summed E-state index contributed by atoms with van der Waals surface area (Å²) in [6, 6.07) is 5.68. The van der Waals surface area contributed by atoms with E-state index in [-0.39, 0.29) is 6.04 Å². The number of rotatable bonds is 3. The van der Waals surface area contributed by atoms with Crippen molar-refractivity contribution in [3.63, 3.8) is 0 Å². The highest BCUT2D eigenvalue weighted by atomic mass is 16.6. The Bertz CT molecular complexity index is 366. The molecule has 4 nitrogen and oxygen atoms in total. The molecule has 80 valence electrons. The summed E-state index contributed by atoms with van der Waals surface area (Å²) in [6.45, 7) is 4.90. The van der Waals surface area contributed by atoms with E-state index in [1.807, 2.05) is 18.2 Å². The summed E-state index contributed by atoms with van der Waals surface area (Å²) in [4.78, 5) is 0. The van der Waals surface area contributed by atoms with E-state index in [4.69, 9.17) is 15.3 Å². The van der Waals surface area contributed by atoms with Crippen LogP contribution in [0.5, 0.6) is 11.5 Å². The number of hydrogen-bond donors (Lipinski definition) is 2. The molecule has 1 aliphatic heterocycles. The van der Waals surface area contributed by atoms with Crippen LogP contribution in [0.15, 0.2) is 30.9 Å². The Balaban J connectivity index is 2.30. The summed E-state index contributed by atoms with van der Waals surface area (Å²) in [5, 5.41) is 0. The van der Waals surface area contributed by atoms with Gasteiger partial charge in [0, 0.05) is 0 Å². The standard InChI is InChI=1S/C11H14N2O2/c1-2-9(13-12)8-3-4-10-11(7-8)15-6-5-14-10/h2-4,7,9,13H,1,5-6,12H2. The van der Waals surface area contributed by atoms with Gasteiger partial charge in [-0.3, -0.25) is 5.84 Å². The van der Waals surface area contributed by atoms with Crippen LogP contribution in [0.4, 0.5) is 0 Å². The maximum absolute atomic E-state index is 5.48. The van der Waals surface area contributed by atoms with Crippen LogP contribution in [-0.2, 0) is 0 Å². The molecule has 1 atom stereocenters. The molecular formula is C11H14N2O2. The minimum Gasteiger partial charge on any atom is -0.486 e. The summed E-state index contributed by atoms with van der Waals surface area (Å²) < 4.78 is 10.9. The number of hydrogen-bond acceptors (Lipinski definition) is 4. The summed E-state index contributed by atoms with van der Waals surface area (Å²) in [6.07, 6.45) is 1.74. The van der Waals surface area contributed by atoms with Gasteiger partial charge >= 0.3 is 0 Å². The average molecular weight is 206 g/mol. The molecule has 0 saturated carbocycles. The quantitative estimate of drug-likeness (QED) is 0.442. The van der Waals surface area contributed by atoms with Crippen LogP contribution in [-0.4, -0.2) is 13.2 Å². The molecule has 1 unspecified atom stereocenters. The van der Waals surface area contributed by atoms with Crippen molar-refractivity contribution in [2.45, 2.75) is 6.04 Å². The van der Waals surface area contributed by atoms with Crippen LogP contribution >= 0.6 is 0 Å². The third kappa shape index (κ3) is 1.95. The van der Waals surface area contributed by atoms with Crippen LogP contribution in [0.25, 0.3) is 0 Å². The number of fused-ring (bicyclic) bond motifs is 1. The number of nitrogens with two attached hydrogens (primary N) is 1. The van der Waals surface area contributed by atoms with Gasteiger partial charge in [-0.15, -0.1) is 6.58 Å². The predicted molar refractivity (Wildman–Crippen MR) is 57.7 cm³/mol. The van der Waals surface area contributed by atoms with Gasteiger partial charge in [-0.1, -0.05) is 12.1 Å². The van der Waals surface area contributed by atoms with Gasteiger partial charge in [0.1, 0.15) is 13.2 Å². The first-order chi connectivity index (χ1) is 7.35. The van der Waals surface area contributed by atoms with Crippen molar-refractivity contribution in [1.82, 2.24) is 5.43 Å². The Hall–Kier alpha value is -1.52. The first-order valence-corrected chi connectivity index (χ1v) is 4.83. The maximum atomic E-state index is 5.48. The molecule has 1 heterocycles. The maximum Gasteiger partial charge on any atom is 0.161 e. The Morgan fingerprint density at radius 1 is 1.33 bits per heavy atom. The lowest BCUT2D eigenvalue weighted by atomic mass is 10.1. The summed E-state index contributed by atoms with van der Waals surface area (Å²) >= 11 is 0. The van der Waals surface area contributed by atoms with E-state index >= 15 is 0 Å². The molecule has 1 aromatic carbocycles. The van der Waals surface area contributed by atoms with Crippen molar-refractivity contribution in [1.29, 1.82) is 0 Å². The minimum atomic E-state index is -0.0687. The van der Waals surface area contributed by atoms with Crippen LogP contribution in [0.1, 0.15) is 11.6 Å². The fourth-order valence-electron chi connectivity index (χ4n) is 1.55. The highest BCUT2D eigenvalue weighted by Crippen LogP contribution is 2.32. The van der Waals surface area contributed by atoms with Crippen molar-refractivity contribution in [3.05, 3.63) is 36.4 Å². The van der Waals surface area contributed by atoms with E-state index in [0.29, 0.717) is 13.2 Å². The van der Waals surface area contributed by atoms with Gasteiger partial charge in [0.05, 0.1) is 6.04 Å². The molecule has 15 heavy (non-hydrogen) atoms. The summed E-state index contributed by atoms with van der Waals surface area (Å²) in [5.74, 6) is 6.94. The molecule has 0 fully saturated rings. The van der Waals surface area contributed by atoms with Crippen molar-refractivity contribution >= 4 is 0 Å². The zero-order chi connectivity index (χ0) is 10.7. The second-order valence-electron chi connectivity index (χ2n) is 3.28. The first kappa shape index (κ1) is 10.0. The highest BCUT2D eigenvalue weighted by molar-refractivity contribution is 5.45. The molecule has 1 aromatic rings. The van der Waals surface area contributed by atoms with E-state index in [2.05, 4.69) is 12.0 Å². The van der Waals surface area contributed by atoms with Gasteiger partial charge < -0.3 is 9.47 Å². The van der Waals surface area contributed by atoms with Gasteiger partial charge in [-0.25, -0.2) is 5.43 Å². The molecule has 4 heteroatoms. The number of benzene rings is 1. The largest absolute Gasteiger partial charge is 0.486 e. The molecule has 3 N–H and O–H groups in total. The molecule has 0 radical (unpaired) electrons. The second kappa shape index (κ2) is 4.33. The number of hydrazine groups is 1. The van der Waals surface area contributed by atoms with Crippen molar-refractivity contribution in [2.24, 2.45) is 5.84 Å². The highest BCUT2D eigenvalue weighted by Gasteiger charge is 2.14. The normalized spacial score (nSPS) is 15.8. The van der Waals surface area contributed by atoms with Gasteiger partial charge in [0.25, 0.3) is 0 Å². The Labute approximate surface area is 88.6 Å². The summed E-state index contributed by atoms with van der Waals surface area (Å²) in [5.41, 5.74) is 3.67. The van der Waals surface area contributed by atoms with E-state index in [9.17, 15) is 0 Å². The SMILES string of the molecule is C=CC(NN)c1ccc2c(c1)OCCO2. The minimum absolute atomic E-state index is 0.0687. The van der Waals surface area contributed by atoms with Gasteiger partial charge in [0.2, 0.25) is 0 Å². The smallest absolute Gasteiger partial charge is 0.161 e. The van der Waals surface area contributed by atoms with E-state index in [0.717, 1.165) is 17.1 Å². The second-order valence-corrected chi connectivity index (χ2v) is 3.28. The van der Waals surface area contributed by atoms with E-state index in [1.165, 1.54) is 0 Å². The molecule has 0 saturated heterocycles. The topological polar surface area (TPSA) is 56.5 Å². The van der Waals surface area contributed by atoms with Crippen molar-refractivity contribution in [2.75, 3.05) is 13.2 Å². The molecule has 0 bridgehead atoms. The molecule has 0 aromatic heterocycles. The lowest BCUT2D eigenvalue weighted by molar-refractivity contribution is 0.171. The van der Waals surface area contributed by atoms with Gasteiger partial charge in [0.15, 0.2) is 11.5 Å². The fraction of sp³-hybridized carbons (Fsp3) is 0.273. The first-order valence-electron chi connectivity index (χ1n) is 4.83. The van der Waals surface area contributed by atoms with E-state index in [1.54, 1.807) is 6.08 Å². The van der Waals surface area contributed by atoms with Gasteiger partial charge in [-0.05, 0) is 17.7 Å². The number of nitrogens with one attached hydrogen (secondary N) is 1. The third-order valence-electron chi connectivity index (χ3n) is 2.34.